The Hall–Kier alpha value is -2.73. The van der Waals surface area contributed by atoms with Gasteiger partial charge in [-0.25, -0.2) is 4.68 Å². The van der Waals surface area contributed by atoms with Crippen molar-refractivity contribution in [1.82, 2.24) is 9.36 Å². The van der Waals surface area contributed by atoms with Crippen LogP contribution in [0, 0.1) is 6.92 Å². The maximum Gasteiger partial charge on any atom is 0.295 e. The maximum atomic E-state index is 12.8. The number of para-hydroxylation sites is 1. The lowest BCUT2D eigenvalue weighted by atomic mass is 10.2. The fourth-order valence-electron chi connectivity index (χ4n) is 3.06. The predicted molar refractivity (Wildman–Crippen MR) is 116 cm³/mol. The van der Waals surface area contributed by atoms with Gasteiger partial charge in [0.05, 0.1) is 11.4 Å². The molecule has 0 fully saturated rings. The van der Waals surface area contributed by atoms with Gasteiger partial charge in [0.2, 0.25) is 5.91 Å². The Balaban J connectivity index is 1.64. The molecule has 0 aliphatic heterocycles. The zero-order valence-corrected chi connectivity index (χ0v) is 17.2. The van der Waals surface area contributed by atoms with E-state index in [0.717, 1.165) is 11.4 Å². The third-order valence-electron chi connectivity index (χ3n) is 4.78. The molecule has 0 aliphatic rings. The van der Waals surface area contributed by atoms with Crippen molar-refractivity contribution < 1.29 is 4.79 Å². The molecule has 6 heteroatoms. The highest BCUT2D eigenvalue weighted by Crippen LogP contribution is 2.28. The number of nitrogens with one attached hydrogen (secondary N) is 1. The first-order valence-electron chi connectivity index (χ1n) is 9.29. The summed E-state index contributed by atoms with van der Waals surface area (Å²) >= 11 is 1.73. The number of aromatic nitrogens is 2. The van der Waals surface area contributed by atoms with Gasteiger partial charge >= 0.3 is 0 Å². The second-order valence-electron chi connectivity index (χ2n) is 6.66. The number of amides is 1. The number of thioether (sulfide) groups is 1. The Bertz CT molecular complexity index is 994. The molecule has 1 aromatic heterocycles. The molecule has 1 N–H and O–H groups in total. The van der Waals surface area contributed by atoms with Crippen molar-refractivity contribution >= 4 is 23.4 Å². The Labute approximate surface area is 169 Å². The van der Waals surface area contributed by atoms with Crippen molar-refractivity contribution in [2.24, 2.45) is 7.05 Å². The second kappa shape index (κ2) is 8.97. The number of benzene rings is 2. The molecule has 5 nitrogen and oxygen atoms in total. The van der Waals surface area contributed by atoms with Gasteiger partial charge in [-0.15, -0.1) is 0 Å². The molecule has 146 valence electrons. The molecule has 0 aliphatic carbocycles. The summed E-state index contributed by atoms with van der Waals surface area (Å²) < 4.78 is 3.33. The number of carbonyl (C=O) groups excluding carboxylic acids is 1. The Morgan fingerprint density at radius 3 is 2.32 bits per heavy atom. The molecule has 0 radical (unpaired) electrons. The van der Waals surface area contributed by atoms with Gasteiger partial charge in [-0.1, -0.05) is 48.5 Å². The molecule has 0 spiro atoms. The predicted octanol–water partition coefficient (Wildman–Crippen LogP) is 4.31. The van der Waals surface area contributed by atoms with Crippen LogP contribution in [0.3, 0.4) is 0 Å². The summed E-state index contributed by atoms with van der Waals surface area (Å²) in [6.45, 7) is 3.97. The molecule has 0 bridgehead atoms. The van der Waals surface area contributed by atoms with Crippen LogP contribution in [0.25, 0.3) is 5.69 Å². The maximum absolute atomic E-state index is 12.8. The highest BCUT2D eigenvalue weighted by Gasteiger charge is 2.18. The van der Waals surface area contributed by atoms with E-state index in [-0.39, 0.29) is 11.5 Å². The van der Waals surface area contributed by atoms with Gasteiger partial charge in [-0.3, -0.25) is 14.3 Å². The lowest BCUT2D eigenvalue weighted by Gasteiger charge is -2.11. The van der Waals surface area contributed by atoms with Gasteiger partial charge < -0.3 is 5.32 Å². The first-order valence-corrected chi connectivity index (χ1v) is 10.3. The van der Waals surface area contributed by atoms with E-state index in [4.69, 9.17) is 0 Å². The van der Waals surface area contributed by atoms with E-state index < -0.39 is 0 Å². The monoisotopic (exact) mass is 395 g/mol. The largest absolute Gasteiger partial charge is 0.320 e. The van der Waals surface area contributed by atoms with Crippen LogP contribution in [0.5, 0.6) is 0 Å². The summed E-state index contributed by atoms with van der Waals surface area (Å²) in [7, 11) is 1.82. The van der Waals surface area contributed by atoms with Gasteiger partial charge in [-0.05, 0) is 31.5 Å². The minimum atomic E-state index is -0.218. The number of rotatable bonds is 7. The first kappa shape index (κ1) is 20.0. The van der Waals surface area contributed by atoms with E-state index in [9.17, 15) is 9.59 Å². The number of hydrogen-bond donors (Lipinski definition) is 1. The van der Waals surface area contributed by atoms with Crippen molar-refractivity contribution in [2.45, 2.75) is 25.5 Å². The van der Waals surface area contributed by atoms with E-state index in [0.29, 0.717) is 23.1 Å². The molecular weight excluding hydrogens is 370 g/mol. The lowest BCUT2D eigenvalue weighted by Crippen LogP contribution is -2.23. The quantitative estimate of drug-likeness (QED) is 0.649. The van der Waals surface area contributed by atoms with Gasteiger partial charge in [0, 0.05) is 24.5 Å². The van der Waals surface area contributed by atoms with E-state index in [1.165, 1.54) is 5.56 Å². The topological polar surface area (TPSA) is 56.0 Å². The van der Waals surface area contributed by atoms with Crippen molar-refractivity contribution in [1.29, 1.82) is 0 Å². The minimum absolute atomic E-state index is 0.140. The van der Waals surface area contributed by atoms with E-state index >= 15 is 0 Å². The zero-order valence-electron chi connectivity index (χ0n) is 16.4. The minimum Gasteiger partial charge on any atom is -0.320 e. The summed E-state index contributed by atoms with van der Waals surface area (Å²) in [6.07, 6.45) is 0.362. The van der Waals surface area contributed by atoms with Gasteiger partial charge in [0.1, 0.15) is 5.69 Å². The molecule has 3 rings (SSSR count). The smallest absolute Gasteiger partial charge is 0.295 e. The normalized spacial score (nSPS) is 12.0. The Morgan fingerprint density at radius 2 is 1.68 bits per heavy atom. The average Bonchev–Trinajstić information content (AvgIpc) is 2.92. The van der Waals surface area contributed by atoms with Gasteiger partial charge in [-0.2, -0.15) is 11.8 Å². The van der Waals surface area contributed by atoms with Crippen LogP contribution in [0.4, 0.5) is 5.69 Å². The second-order valence-corrected chi connectivity index (χ2v) is 8.11. The van der Waals surface area contributed by atoms with Gasteiger partial charge in [0.15, 0.2) is 0 Å². The summed E-state index contributed by atoms with van der Waals surface area (Å²) in [5, 5.41) is 3.14. The van der Waals surface area contributed by atoms with Gasteiger partial charge in [0.25, 0.3) is 5.56 Å². The Kier molecular flexibility index (Phi) is 6.41. The van der Waals surface area contributed by atoms with Crippen LogP contribution >= 0.6 is 11.8 Å². The van der Waals surface area contributed by atoms with Crippen LogP contribution in [-0.4, -0.2) is 21.0 Å². The average molecular weight is 396 g/mol. The van der Waals surface area contributed by atoms with Crippen LogP contribution in [0.1, 0.15) is 29.9 Å². The number of anilines is 1. The molecule has 1 amide bonds. The third kappa shape index (κ3) is 4.39. The summed E-state index contributed by atoms with van der Waals surface area (Å²) in [4.78, 5) is 25.2. The zero-order chi connectivity index (χ0) is 20.1. The first-order chi connectivity index (χ1) is 13.5. The standard InChI is InChI=1S/C22H25N3O2S/c1-16-21(22(27)25(24(16)3)19-12-8-5-9-13-19)23-20(26)14-15-28-17(2)18-10-6-4-7-11-18/h4-13,17H,14-15H2,1-3H3,(H,23,26)/t17-/m0/s1. The molecule has 0 saturated carbocycles. The molecule has 3 aromatic rings. The molecule has 0 unspecified atom stereocenters. The molecule has 28 heavy (non-hydrogen) atoms. The van der Waals surface area contributed by atoms with Crippen LogP contribution in [0.2, 0.25) is 0 Å². The number of carbonyl (C=O) groups is 1. The molecular formula is C22H25N3O2S. The van der Waals surface area contributed by atoms with E-state index in [2.05, 4.69) is 24.4 Å². The summed E-state index contributed by atoms with van der Waals surface area (Å²) in [5.74, 6) is 0.555. The molecule has 2 aromatic carbocycles. The highest BCUT2D eigenvalue weighted by molar-refractivity contribution is 7.99. The van der Waals surface area contributed by atoms with E-state index in [1.807, 2.05) is 62.5 Å². The van der Waals surface area contributed by atoms with E-state index in [1.54, 1.807) is 21.1 Å². The molecule has 1 atom stereocenters. The fourth-order valence-corrected chi connectivity index (χ4v) is 4.07. The number of nitrogens with zero attached hydrogens (tertiary/aromatic N) is 2. The molecule has 0 saturated heterocycles. The van der Waals surface area contributed by atoms with Crippen molar-refractivity contribution in [3.05, 3.63) is 82.3 Å². The molecule has 1 heterocycles. The SMILES string of the molecule is Cc1c(NC(=O)CCS[C@@H](C)c2ccccc2)c(=O)n(-c2ccccc2)n1C. The van der Waals surface area contributed by atoms with Crippen molar-refractivity contribution in [2.75, 3.05) is 11.1 Å². The van der Waals surface area contributed by atoms with Crippen LogP contribution in [0.15, 0.2) is 65.5 Å². The summed E-state index contributed by atoms with van der Waals surface area (Å²) in [5.41, 5.74) is 2.87. The fraction of sp³-hybridized carbons (Fsp3) is 0.273. The highest BCUT2D eigenvalue weighted by atomic mass is 32.2. The van der Waals surface area contributed by atoms with Crippen molar-refractivity contribution in [3.8, 4) is 5.69 Å². The van der Waals surface area contributed by atoms with Crippen molar-refractivity contribution in [3.63, 3.8) is 0 Å². The number of hydrogen-bond acceptors (Lipinski definition) is 3. The van der Waals surface area contributed by atoms with Crippen LogP contribution < -0.4 is 10.9 Å². The Morgan fingerprint density at radius 1 is 1.07 bits per heavy atom. The summed E-state index contributed by atoms with van der Waals surface area (Å²) in [6, 6.07) is 19.6. The van der Waals surface area contributed by atoms with Crippen LogP contribution in [-0.2, 0) is 11.8 Å². The lowest BCUT2D eigenvalue weighted by molar-refractivity contribution is -0.115. The third-order valence-corrected chi connectivity index (χ3v) is 6.00.